The van der Waals surface area contributed by atoms with Crippen molar-refractivity contribution in [2.45, 2.75) is 56.1 Å². The second-order valence-electron chi connectivity index (χ2n) is 8.22. The molecule has 3 heteroatoms. The Kier molecular flexibility index (Phi) is 3.14. The molecule has 1 heterocycles. The molecule has 0 amide bonds. The van der Waals surface area contributed by atoms with E-state index in [2.05, 4.69) is 50.2 Å². The summed E-state index contributed by atoms with van der Waals surface area (Å²) in [6.45, 7) is 4.53. The first-order valence-corrected chi connectivity index (χ1v) is 9.57. The van der Waals surface area contributed by atoms with Crippen LogP contribution in [0.3, 0.4) is 0 Å². The first kappa shape index (κ1) is 16.2. The smallest absolute Gasteiger partial charge is 0.123 e. The summed E-state index contributed by atoms with van der Waals surface area (Å²) in [5, 5.41) is 0. The zero-order valence-electron chi connectivity index (χ0n) is 16.0. The lowest BCUT2D eigenvalue weighted by Crippen LogP contribution is -2.48. The summed E-state index contributed by atoms with van der Waals surface area (Å²) in [5.74, 6) is 1.96. The van der Waals surface area contributed by atoms with E-state index in [0.717, 1.165) is 37.2 Å². The van der Waals surface area contributed by atoms with Gasteiger partial charge < -0.3 is 14.2 Å². The van der Waals surface area contributed by atoms with Gasteiger partial charge in [-0.3, -0.25) is 0 Å². The van der Waals surface area contributed by atoms with Gasteiger partial charge in [0.15, 0.2) is 0 Å². The molecule has 3 atom stereocenters. The van der Waals surface area contributed by atoms with Gasteiger partial charge in [0.05, 0.1) is 19.6 Å². The first-order chi connectivity index (χ1) is 12.5. The van der Waals surface area contributed by atoms with Crippen LogP contribution in [0.5, 0.6) is 11.5 Å². The highest BCUT2D eigenvalue weighted by atomic mass is 16.6. The lowest BCUT2D eigenvalue weighted by molar-refractivity contribution is 0.203. The van der Waals surface area contributed by atoms with E-state index in [1.54, 1.807) is 14.2 Å². The maximum absolute atomic E-state index is 6.56. The Morgan fingerprint density at radius 3 is 2.38 bits per heavy atom. The molecule has 2 aromatic rings. The molecule has 3 nitrogen and oxygen atoms in total. The molecule has 1 fully saturated rings. The van der Waals surface area contributed by atoms with E-state index in [-0.39, 0.29) is 16.6 Å². The maximum atomic E-state index is 6.56. The van der Waals surface area contributed by atoms with Gasteiger partial charge >= 0.3 is 0 Å². The van der Waals surface area contributed by atoms with Crippen molar-refractivity contribution in [2.75, 3.05) is 14.2 Å². The Balaban J connectivity index is 1.83. The fourth-order valence-corrected chi connectivity index (χ4v) is 5.70. The highest BCUT2D eigenvalue weighted by Crippen LogP contribution is 2.71. The minimum atomic E-state index is -0.253. The molecule has 1 spiro atoms. The van der Waals surface area contributed by atoms with E-state index in [0.29, 0.717) is 0 Å². The van der Waals surface area contributed by atoms with Gasteiger partial charge in [-0.1, -0.05) is 24.6 Å². The van der Waals surface area contributed by atoms with E-state index >= 15 is 0 Å². The quantitative estimate of drug-likeness (QED) is 0.734. The number of fused-ring (bicyclic) bond motifs is 9. The number of methoxy groups -OCH3 is 2. The van der Waals surface area contributed by atoms with Crippen LogP contribution in [0.4, 0.5) is 0 Å². The number of hydrogen-bond acceptors (Lipinski definition) is 3. The van der Waals surface area contributed by atoms with Crippen molar-refractivity contribution in [1.29, 1.82) is 0 Å². The molecule has 5 rings (SSSR count). The summed E-state index contributed by atoms with van der Waals surface area (Å²) >= 11 is 0. The summed E-state index contributed by atoms with van der Waals surface area (Å²) in [4.78, 5) is 0. The number of epoxide rings is 1. The number of aryl methyl sites for hydroxylation is 1. The van der Waals surface area contributed by atoms with Crippen molar-refractivity contribution < 1.29 is 14.2 Å². The minimum Gasteiger partial charge on any atom is -0.496 e. The summed E-state index contributed by atoms with van der Waals surface area (Å²) < 4.78 is 18.0. The van der Waals surface area contributed by atoms with Crippen LogP contribution >= 0.6 is 0 Å². The third-order valence-corrected chi connectivity index (χ3v) is 7.32. The Hall–Kier alpha value is -2.00. The van der Waals surface area contributed by atoms with Crippen LogP contribution in [-0.4, -0.2) is 19.8 Å². The summed E-state index contributed by atoms with van der Waals surface area (Å²) in [6.07, 6.45) is 4.47. The minimum absolute atomic E-state index is 0.192. The highest BCUT2D eigenvalue weighted by molar-refractivity contribution is 5.62. The predicted molar refractivity (Wildman–Crippen MR) is 101 cm³/mol. The Bertz CT molecular complexity index is 904. The Labute approximate surface area is 155 Å². The molecular formula is C23H26O3. The van der Waals surface area contributed by atoms with E-state index in [4.69, 9.17) is 14.2 Å². The van der Waals surface area contributed by atoms with Crippen LogP contribution in [0.25, 0.3) is 0 Å². The van der Waals surface area contributed by atoms with Crippen LogP contribution < -0.4 is 9.47 Å². The lowest BCUT2D eigenvalue weighted by atomic mass is 9.55. The van der Waals surface area contributed by atoms with Crippen molar-refractivity contribution in [2.24, 2.45) is 0 Å². The third kappa shape index (κ3) is 1.68. The zero-order valence-corrected chi connectivity index (χ0v) is 16.0. The standard InChI is InChI=1S/C23H26O3/c1-21-16-8-11-20(25-4)18(14-16)23(22(21,2)26-21)12-6-5-7-15-13-17(23)9-10-19(15)24-3/h8-11,13-14H,5-7,12H2,1-4H3. The molecule has 0 aromatic heterocycles. The zero-order chi connectivity index (χ0) is 18.2. The third-order valence-electron chi connectivity index (χ3n) is 7.32. The van der Waals surface area contributed by atoms with Crippen LogP contribution in [0, 0.1) is 0 Å². The van der Waals surface area contributed by atoms with E-state index in [1.807, 2.05) is 0 Å². The van der Waals surface area contributed by atoms with E-state index in [1.165, 1.54) is 22.3 Å². The average Bonchev–Trinajstić information content (AvgIpc) is 3.24. The fourth-order valence-electron chi connectivity index (χ4n) is 5.70. The molecule has 2 aliphatic carbocycles. The second-order valence-corrected chi connectivity index (χ2v) is 8.22. The molecule has 136 valence electrons. The number of rotatable bonds is 2. The largest absolute Gasteiger partial charge is 0.496 e. The van der Waals surface area contributed by atoms with Gasteiger partial charge in [0.1, 0.15) is 22.7 Å². The summed E-state index contributed by atoms with van der Waals surface area (Å²) in [5.41, 5.74) is 4.49. The fraction of sp³-hybridized carbons (Fsp3) is 0.478. The Morgan fingerprint density at radius 2 is 1.62 bits per heavy atom. The molecule has 1 saturated heterocycles. The molecule has 0 radical (unpaired) electrons. The second kappa shape index (κ2) is 5.04. The predicted octanol–water partition coefficient (Wildman–Crippen LogP) is 4.73. The number of benzene rings is 2. The van der Waals surface area contributed by atoms with Gasteiger partial charge in [-0.25, -0.2) is 0 Å². The van der Waals surface area contributed by atoms with Crippen LogP contribution in [0.1, 0.15) is 55.4 Å². The Morgan fingerprint density at radius 1 is 0.885 bits per heavy atom. The monoisotopic (exact) mass is 350 g/mol. The van der Waals surface area contributed by atoms with Crippen LogP contribution in [0.15, 0.2) is 36.4 Å². The van der Waals surface area contributed by atoms with E-state index < -0.39 is 0 Å². The van der Waals surface area contributed by atoms with Gasteiger partial charge in [-0.2, -0.15) is 0 Å². The maximum Gasteiger partial charge on any atom is 0.123 e. The van der Waals surface area contributed by atoms with E-state index in [9.17, 15) is 0 Å². The molecule has 0 N–H and O–H groups in total. The molecule has 1 aliphatic heterocycles. The van der Waals surface area contributed by atoms with Gasteiger partial charge in [0.2, 0.25) is 0 Å². The summed E-state index contributed by atoms with van der Waals surface area (Å²) in [7, 11) is 3.53. The SMILES string of the molecule is COc1ccc2cc1CCCCC21c2cc(ccc2OC)C2(C)OC21C. The number of ether oxygens (including phenoxy) is 3. The molecule has 4 bridgehead atoms. The van der Waals surface area contributed by atoms with Crippen molar-refractivity contribution in [1.82, 2.24) is 0 Å². The van der Waals surface area contributed by atoms with Gasteiger partial charge in [-0.15, -0.1) is 0 Å². The van der Waals surface area contributed by atoms with Crippen molar-refractivity contribution >= 4 is 0 Å². The normalized spacial score (nSPS) is 33.8. The average molecular weight is 350 g/mol. The van der Waals surface area contributed by atoms with Crippen LogP contribution in [-0.2, 0) is 22.2 Å². The van der Waals surface area contributed by atoms with Crippen molar-refractivity contribution in [3.05, 3.63) is 58.7 Å². The van der Waals surface area contributed by atoms with Gasteiger partial charge in [0, 0.05) is 5.56 Å². The van der Waals surface area contributed by atoms with Crippen molar-refractivity contribution in [3.63, 3.8) is 0 Å². The topological polar surface area (TPSA) is 31.0 Å². The van der Waals surface area contributed by atoms with Crippen molar-refractivity contribution in [3.8, 4) is 11.5 Å². The first-order valence-electron chi connectivity index (χ1n) is 9.57. The number of hydrogen-bond donors (Lipinski definition) is 0. The molecule has 26 heavy (non-hydrogen) atoms. The van der Waals surface area contributed by atoms with Crippen LogP contribution in [0.2, 0.25) is 0 Å². The molecule has 0 saturated carbocycles. The lowest BCUT2D eigenvalue weighted by Gasteiger charge is -2.45. The highest BCUT2D eigenvalue weighted by Gasteiger charge is 2.77. The molecule has 3 aliphatic rings. The van der Waals surface area contributed by atoms with Gasteiger partial charge in [0.25, 0.3) is 0 Å². The van der Waals surface area contributed by atoms with Gasteiger partial charge in [-0.05, 0) is 68.0 Å². The molecular weight excluding hydrogens is 324 g/mol. The molecule has 3 unspecified atom stereocenters. The molecule has 2 aromatic carbocycles. The summed E-state index contributed by atoms with van der Waals surface area (Å²) in [6, 6.07) is 13.3.